The Morgan fingerprint density at radius 2 is 1.91 bits per heavy atom. The molecule has 2 heterocycles. The molecule has 0 saturated carbocycles. The number of nitrogens with two attached hydrogens (primary N) is 3. The van der Waals surface area contributed by atoms with Crippen LogP contribution in [0.2, 0.25) is 0 Å². The maximum Gasteiger partial charge on any atom is 0.0549 e. The summed E-state index contributed by atoms with van der Waals surface area (Å²) in [6.07, 6.45) is 10.4. The molecule has 5 heteroatoms. The molecule has 3 atom stereocenters. The van der Waals surface area contributed by atoms with Gasteiger partial charge in [-0.15, -0.1) is 0 Å². The van der Waals surface area contributed by atoms with Crippen molar-refractivity contribution in [1.82, 2.24) is 10.2 Å². The van der Waals surface area contributed by atoms with Gasteiger partial charge in [0.1, 0.15) is 0 Å². The number of benzene rings is 1. The van der Waals surface area contributed by atoms with Gasteiger partial charge in [0, 0.05) is 42.0 Å². The highest BCUT2D eigenvalue weighted by Crippen LogP contribution is 2.38. The van der Waals surface area contributed by atoms with Gasteiger partial charge in [0.15, 0.2) is 0 Å². The third kappa shape index (κ3) is 4.96. The zero-order chi connectivity index (χ0) is 23.5. The highest BCUT2D eigenvalue weighted by Gasteiger charge is 2.31. The Morgan fingerprint density at radius 1 is 1.15 bits per heavy atom. The predicted octanol–water partition coefficient (Wildman–Crippen LogP) is 3.70. The summed E-state index contributed by atoms with van der Waals surface area (Å²) in [7, 11) is 0. The number of hydrogen-bond donors (Lipinski definition) is 4. The van der Waals surface area contributed by atoms with Crippen molar-refractivity contribution in [3.63, 3.8) is 0 Å². The number of rotatable bonds is 3. The van der Waals surface area contributed by atoms with Crippen molar-refractivity contribution in [3.05, 3.63) is 76.2 Å². The van der Waals surface area contributed by atoms with Gasteiger partial charge in [-0.25, -0.2) is 0 Å². The van der Waals surface area contributed by atoms with Crippen molar-refractivity contribution in [1.29, 1.82) is 0 Å². The van der Waals surface area contributed by atoms with Crippen LogP contribution in [0.25, 0.3) is 5.57 Å². The Morgan fingerprint density at radius 3 is 2.61 bits per heavy atom. The van der Waals surface area contributed by atoms with Crippen LogP contribution in [-0.2, 0) is 6.54 Å². The number of hydrogen-bond acceptors (Lipinski definition) is 5. The fourth-order valence-electron chi connectivity index (χ4n) is 5.69. The number of nitrogens with one attached hydrogen (secondary N) is 1. The first-order valence-corrected chi connectivity index (χ1v) is 12.5. The molecule has 178 valence electrons. The van der Waals surface area contributed by atoms with Crippen LogP contribution in [0.1, 0.15) is 55.7 Å². The molecular weight excluding hydrogens is 406 g/mol. The average Bonchev–Trinajstić information content (AvgIpc) is 3.33. The number of fused-ring (bicyclic) bond motifs is 2. The molecule has 1 aliphatic carbocycles. The summed E-state index contributed by atoms with van der Waals surface area (Å²) in [5.74, 6) is 0.0446. The minimum Gasteiger partial charge on any atom is -0.401 e. The molecule has 0 radical (unpaired) electrons. The zero-order valence-electron chi connectivity index (χ0n) is 20.4. The Balaban J connectivity index is 1.76. The van der Waals surface area contributed by atoms with Crippen LogP contribution in [0.5, 0.6) is 0 Å². The molecule has 1 aromatic carbocycles. The summed E-state index contributed by atoms with van der Waals surface area (Å²) in [5.41, 5.74) is 27.7. The van der Waals surface area contributed by atoms with Gasteiger partial charge >= 0.3 is 0 Å². The van der Waals surface area contributed by atoms with Gasteiger partial charge < -0.3 is 22.5 Å². The van der Waals surface area contributed by atoms with Crippen LogP contribution in [0.4, 0.5) is 0 Å². The van der Waals surface area contributed by atoms with Crippen molar-refractivity contribution in [3.8, 4) is 0 Å². The van der Waals surface area contributed by atoms with E-state index in [0.29, 0.717) is 12.6 Å². The van der Waals surface area contributed by atoms with Gasteiger partial charge in [0.25, 0.3) is 0 Å². The second-order valence-electron chi connectivity index (χ2n) is 9.97. The molecule has 4 rings (SSSR count). The topological polar surface area (TPSA) is 93.3 Å². The summed E-state index contributed by atoms with van der Waals surface area (Å²) in [5, 5.41) is 3.83. The van der Waals surface area contributed by atoms with Gasteiger partial charge in [-0.2, -0.15) is 0 Å². The number of nitrogens with zero attached hydrogens (tertiary/aromatic N) is 1. The number of aryl methyl sites for hydroxylation is 1. The molecule has 3 aliphatic rings. The Bertz CT molecular complexity index is 980. The predicted molar refractivity (Wildman–Crippen MR) is 139 cm³/mol. The molecule has 0 amide bonds. The molecule has 1 fully saturated rings. The molecule has 5 nitrogen and oxygen atoms in total. The minimum absolute atomic E-state index is 0.0108. The van der Waals surface area contributed by atoms with Crippen molar-refractivity contribution >= 4 is 5.57 Å². The van der Waals surface area contributed by atoms with E-state index < -0.39 is 0 Å². The minimum atomic E-state index is -0.0108. The summed E-state index contributed by atoms with van der Waals surface area (Å²) < 4.78 is 0. The van der Waals surface area contributed by atoms with Crippen molar-refractivity contribution in [2.24, 2.45) is 23.1 Å². The van der Waals surface area contributed by atoms with Crippen LogP contribution in [0.3, 0.4) is 0 Å². The monoisotopic (exact) mass is 447 g/mol. The first-order chi connectivity index (χ1) is 15.9. The Hall–Kier alpha value is -2.34. The lowest BCUT2D eigenvalue weighted by molar-refractivity contribution is 0.214. The largest absolute Gasteiger partial charge is 0.401 e. The molecule has 7 N–H and O–H groups in total. The molecule has 3 unspecified atom stereocenters. The first kappa shape index (κ1) is 23.8. The van der Waals surface area contributed by atoms with Crippen LogP contribution in [-0.4, -0.2) is 36.6 Å². The van der Waals surface area contributed by atoms with Crippen LogP contribution in [0, 0.1) is 12.8 Å². The van der Waals surface area contributed by atoms with E-state index in [9.17, 15) is 0 Å². The van der Waals surface area contributed by atoms with Gasteiger partial charge in [0.05, 0.1) is 6.04 Å². The first-order valence-electron chi connectivity index (χ1n) is 12.5. The van der Waals surface area contributed by atoms with E-state index in [1.165, 1.54) is 37.9 Å². The van der Waals surface area contributed by atoms with Crippen LogP contribution >= 0.6 is 0 Å². The van der Waals surface area contributed by atoms with Gasteiger partial charge in [0.2, 0.25) is 0 Å². The smallest absolute Gasteiger partial charge is 0.0549 e. The SMILES string of the molecule is C=C1/C(c2ccc(CN)cc2C)=C(/N)C(C)C2NCC(N3CCCC3)CCC/C=C/1C=C2N. The normalized spacial score (nSPS) is 31.4. The average molecular weight is 448 g/mol. The molecule has 2 aliphatic heterocycles. The fraction of sp³-hybridized carbons (Fsp3) is 0.500. The highest BCUT2D eigenvalue weighted by molar-refractivity contribution is 5.87. The van der Waals surface area contributed by atoms with Gasteiger partial charge in [-0.05, 0) is 86.0 Å². The molecule has 1 saturated heterocycles. The third-order valence-corrected chi connectivity index (χ3v) is 7.74. The molecule has 0 aromatic heterocycles. The fourth-order valence-corrected chi connectivity index (χ4v) is 5.69. The third-order valence-electron chi connectivity index (χ3n) is 7.74. The molecular formula is C28H41N5. The number of allylic oxidation sites excluding steroid dienone is 5. The van der Waals surface area contributed by atoms with Crippen molar-refractivity contribution < 1.29 is 0 Å². The van der Waals surface area contributed by atoms with Crippen LogP contribution < -0.4 is 22.5 Å². The van der Waals surface area contributed by atoms with Gasteiger partial charge in [-0.1, -0.05) is 37.8 Å². The molecule has 33 heavy (non-hydrogen) atoms. The summed E-state index contributed by atoms with van der Waals surface area (Å²) in [6, 6.07) is 6.93. The van der Waals surface area contributed by atoms with E-state index >= 15 is 0 Å². The lowest BCUT2D eigenvalue weighted by Crippen LogP contribution is -2.48. The number of likely N-dealkylation sites (tertiary alicyclic amines) is 1. The molecule has 0 spiro atoms. The summed E-state index contributed by atoms with van der Waals surface area (Å²) in [4.78, 5) is 2.66. The highest BCUT2D eigenvalue weighted by atomic mass is 15.2. The lowest BCUT2D eigenvalue weighted by atomic mass is 9.80. The maximum atomic E-state index is 6.94. The molecule has 1 aromatic rings. The maximum absolute atomic E-state index is 6.94. The lowest BCUT2D eigenvalue weighted by Gasteiger charge is -2.34. The summed E-state index contributed by atoms with van der Waals surface area (Å²) >= 11 is 0. The van der Waals surface area contributed by atoms with E-state index in [0.717, 1.165) is 58.6 Å². The summed E-state index contributed by atoms with van der Waals surface area (Å²) in [6.45, 7) is 12.7. The van der Waals surface area contributed by atoms with Crippen molar-refractivity contribution in [2.75, 3.05) is 19.6 Å². The Kier molecular flexibility index (Phi) is 7.42. The quantitative estimate of drug-likeness (QED) is 0.567. The van der Waals surface area contributed by atoms with E-state index in [-0.39, 0.29) is 12.0 Å². The van der Waals surface area contributed by atoms with E-state index in [2.05, 4.69) is 61.0 Å². The Labute approximate surface area is 199 Å². The van der Waals surface area contributed by atoms with E-state index in [1.54, 1.807) is 0 Å². The second-order valence-corrected chi connectivity index (χ2v) is 9.97. The van der Waals surface area contributed by atoms with E-state index in [4.69, 9.17) is 17.2 Å². The van der Waals surface area contributed by atoms with Crippen molar-refractivity contribution in [2.45, 2.75) is 64.6 Å². The second kappa shape index (κ2) is 10.3. The van der Waals surface area contributed by atoms with Gasteiger partial charge in [-0.3, -0.25) is 4.90 Å². The standard InChI is InChI=1S/C28H41N5/c1-18-14-21(16-29)10-11-24(18)26-19(2)22-8-4-5-9-23(33-12-6-7-13-33)17-32-28(25(30)15-22)20(3)27(26)31/h8,10-11,14-15,20,23,28,32H,2,4-7,9,12-13,16-17,29-31H2,1,3H3/b22-8+,25-15?,27-26-. The van der Waals surface area contributed by atoms with E-state index in [1.807, 2.05) is 0 Å². The molecule has 2 bridgehead atoms. The van der Waals surface area contributed by atoms with Crippen LogP contribution in [0.15, 0.2) is 59.5 Å². The zero-order valence-corrected chi connectivity index (χ0v) is 20.4.